The first kappa shape index (κ1) is 14.9. The van der Waals surface area contributed by atoms with E-state index < -0.39 is 37.0 Å². The minimum absolute atomic E-state index is 0.275. The standard InChI is InChI=1S/C15H20O6/c1-2-18-15-12(17)11(16)13-10(20-15)8-19-14(21-13)9-6-4-3-5-7-9/h3-7,10-17H,2,8H2,1H3. The molecule has 116 valence electrons. The van der Waals surface area contributed by atoms with Crippen LogP contribution in [-0.4, -0.2) is 54.1 Å². The molecule has 2 aliphatic heterocycles. The van der Waals surface area contributed by atoms with Crippen LogP contribution in [0.1, 0.15) is 18.8 Å². The van der Waals surface area contributed by atoms with Gasteiger partial charge in [0, 0.05) is 12.2 Å². The van der Waals surface area contributed by atoms with Gasteiger partial charge in [-0.05, 0) is 6.92 Å². The second kappa shape index (κ2) is 6.39. The lowest BCUT2D eigenvalue weighted by atomic mass is 9.98. The Morgan fingerprint density at radius 3 is 2.62 bits per heavy atom. The summed E-state index contributed by atoms with van der Waals surface area (Å²) in [4.78, 5) is 0. The molecule has 0 saturated carbocycles. The van der Waals surface area contributed by atoms with Crippen LogP contribution < -0.4 is 0 Å². The zero-order chi connectivity index (χ0) is 14.8. The van der Waals surface area contributed by atoms with Crippen molar-refractivity contribution in [2.24, 2.45) is 0 Å². The van der Waals surface area contributed by atoms with Crippen LogP contribution in [0.3, 0.4) is 0 Å². The van der Waals surface area contributed by atoms with E-state index >= 15 is 0 Å². The molecular weight excluding hydrogens is 276 g/mol. The molecule has 0 aromatic heterocycles. The molecule has 2 heterocycles. The quantitative estimate of drug-likeness (QED) is 0.850. The van der Waals surface area contributed by atoms with Gasteiger partial charge in [0.2, 0.25) is 0 Å². The van der Waals surface area contributed by atoms with Crippen molar-refractivity contribution in [1.29, 1.82) is 0 Å². The van der Waals surface area contributed by atoms with Gasteiger partial charge in [0.1, 0.15) is 24.4 Å². The molecule has 0 bridgehead atoms. The Bertz CT molecular complexity index is 451. The van der Waals surface area contributed by atoms with Gasteiger partial charge >= 0.3 is 0 Å². The highest BCUT2D eigenvalue weighted by Crippen LogP contribution is 2.34. The fourth-order valence-electron chi connectivity index (χ4n) is 2.66. The molecule has 2 aliphatic rings. The zero-order valence-electron chi connectivity index (χ0n) is 11.8. The summed E-state index contributed by atoms with van der Waals surface area (Å²) >= 11 is 0. The maximum Gasteiger partial charge on any atom is 0.186 e. The van der Waals surface area contributed by atoms with Crippen LogP contribution in [0.5, 0.6) is 0 Å². The molecule has 0 aliphatic carbocycles. The van der Waals surface area contributed by atoms with E-state index in [9.17, 15) is 10.2 Å². The topological polar surface area (TPSA) is 77.4 Å². The molecule has 2 N–H and O–H groups in total. The van der Waals surface area contributed by atoms with E-state index in [4.69, 9.17) is 18.9 Å². The first-order valence-corrected chi connectivity index (χ1v) is 7.16. The van der Waals surface area contributed by atoms with E-state index in [1.54, 1.807) is 6.92 Å². The third kappa shape index (κ3) is 2.96. The van der Waals surface area contributed by atoms with Crippen molar-refractivity contribution >= 4 is 0 Å². The number of hydrogen-bond donors (Lipinski definition) is 2. The first-order valence-electron chi connectivity index (χ1n) is 7.16. The van der Waals surface area contributed by atoms with Gasteiger partial charge in [-0.2, -0.15) is 0 Å². The molecular formula is C15H20O6. The molecule has 0 amide bonds. The minimum Gasteiger partial charge on any atom is -0.387 e. The Labute approximate surface area is 123 Å². The maximum absolute atomic E-state index is 10.2. The Morgan fingerprint density at radius 1 is 1.14 bits per heavy atom. The van der Waals surface area contributed by atoms with E-state index in [-0.39, 0.29) is 6.61 Å². The highest BCUT2D eigenvalue weighted by Gasteiger charge is 2.49. The predicted octanol–water partition coefficient (Wildman–Crippen LogP) is 0.584. The van der Waals surface area contributed by atoms with Gasteiger partial charge in [-0.15, -0.1) is 0 Å². The molecule has 1 aromatic rings. The van der Waals surface area contributed by atoms with Crippen molar-refractivity contribution in [3.05, 3.63) is 35.9 Å². The van der Waals surface area contributed by atoms with Gasteiger partial charge in [0.15, 0.2) is 12.6 Å². The van der Waals surface area contributed by atoms with Gasteiger partial charge in [-0.3, -0.25) is 0 Å². The van der Waals surface area contributed by atoms with E-state index in [1.165, 1.54) is 0 Å². The Hall–Kier alpha value is -1.02. The molecule has 0 spiro atoms. The lowest BCUT2D eigenvalue weighted by Gasteiger charge is -2.46. The van der Waals surface area contributed by atoms with Crippen molar-refractivity contribution in [2.75, 3.05) is 13.2 Å². The van der Waals surface area contributed by atoms with E-state index in [0.717, 1.165) is 5.56 Å². The molecule has 6 unspecified atom stereocenters. The van der Waals surface area contributed by atoms with Gasteiger partial charge in [-0.25, -0.2) is 0 Å². The smallest absolute Gasteiger partial charge is 0.186 e. The van der Waals surface area contributed by atoms with Crippen molar-refractivity contribution in [3.63, 3.8) is 0 Å². The summed E-state index contributed by atoms with van der Waals surface area (Å²) in [5.41, 5.74) is 0.865. The average Bonchev–Trinajstić information content (AvgIpc) is 2.53. The van der Waals surface area contributed by atoms with Crippen LogP contribution in [0.15, 0.2) is 30.3 Å². The summed E-state index contributed by atoms with van der Waals surface area (Å²) in [6, 6.07) is 9.47. The van der Waals surface area contributed by atoms with Gasteiger partial charge < -0.3 is 29.2 Å². The van der Waals surface area contributed by atoms with Crippen LogP contribution in [0.25, 0.3) is 0 Å². The van der Waals surface area contributed by atoms with Crippen LogP contribution in [-0.2, 0) is 18.9 Å². The van der Waals surface area contributed by atoms with Crippen molar-refractivity contribution in [2.45, 2.75) is 43.9 Å². The van der Waals surface area contributed by atoms with E-state index in [1.807, 2.05) is 30.3 Å². The zero-order valence-corrected chi connectivity index (χ0v) is 11.8. The van der Waals surface area contributed by atoms with Crippen molar-refractivity contribution in [1.82, 2.24) is 0 Å². The largest absolute Gasteiger partial charge is 0.387 e. The number of ether oxygens (including phenoxy) is 4. The number of fused-ring (bicyclic) bond motifs is 1. The molecule has 6 nitrogen and oxygen atoms in total. The molecule has 6 atom stereocenters. The molecule has 1 aromatic carbocycles. The SMILES string of the molecule is CCOC1OC2COC(c3ccccc3)OC2C(O)C1O. The van der Waals surface area contributed by atoms with Crippen molar-refractivity contribution in [3.8, 4) is 0 Å². The Morgan fingerprint density at radius 2 is 1.90 bits per heavy atom. The highest BCUT2D eigenvalue weighted by atomic mass is 16.8. The predicted molar refractivity (Wildman–Crippen MR) is 72.3 cm³/mol. The molecule has 2 saturated heterocycles. The summed E-state index contributed by atoms with van der Waals surface area (Å²) in [7, 11) is 0. The van der Waals surface area contributed by atoms with Crippen LogP contribution in [0.4, 0.5) is 0 Å². The average molecular weight is 296 g/mol. The van der Waals surface area contributed by atoms with Gasteiger partial charge in [0.25, 0.3) is 0 Å². The summed E-state index contributed by atoms with van der Waals surface area (Å²) in [5, 5.41) is 20.3. The van der Waals surface area contributed by atoms with Gasteiger partial charge in [0.05, 0.1) is 6.61 Å². The molecule has 21 heavy (non-hydrogen) atoms. The number of aliphatic hydroxyl groups excluding tert-OH is 2. The maximum atomic E-state index is 10.2. The Balaban J connectivity index is 1.71. The number of aliphatic hydroxyl groups is 2. The normalized spacial score (nSPS) is 39.8. The second-order valence-corrected chi connectivity index (χ2v) is 5.16. The van der Waals surface area contributed by atoms with Crippen LogP contribution in [0.2, 0.25) is 0 Å². The molecule has 2 fully saturated rings. The number of benzene rings is 1. The van der Waals surface area contributed by atoms with E-state index in [2.05, 4.69) is 0 Å². The molecule has 0 radical (unpaired) electrons. The summed E-state index contributed by atoms with van der Waals surface area (Å²) in [6.07, 6.45) is -4.74. The summed E-state index contributed by atoms with van der Waals surface area (Å²) in [6.45, 7) is 2.46. The van der Waals surface area contributed by atoms with E-state index in [0.29, 0.717) is 6.61 Å². The molecule has 6 heteroatoms. The third-order valence-electron chi connectivity index (χ3n) is 3.74. The lowest BCUT2D eigenvalue weighted by Crippen LogP contribution is -2.62. The highest BCUT2D eigenvalue weighted by molar-refractivity contribution is 5.16. The number of hydrogen-bond acceptors (Lipinski definition) is 6. The fourth-order valence-corrected chi connectivity index (χ4v) is 2.66. The van der Waals surface area contributed by atoms with Crippen LogP contribution in [0, 0.1) is 0 Å². The minimum atomic E-state index is -1.14. The first-order chi connectivity index (χ1) is 10.2. The van der Waals surface area contributed by atoms with Crippen molar-refractivity contribution < 1.29 is 29.2 Å². The van der Waals surface area contributed by atoms with Gasteiger partial charge in [-0.1, -0.05) is 30.3 Å². The Kier molecular flexibility index (Phi) is 4.54. The summed E-state index contributed by atoms with van der Waals surface area (Å²) < 4.78 is 22.3. The monoisotopic (exact) mass is 296 g/mol. The fraction of sp³-hybridized carbons (Fsp3) is 0.600. The summed E-state index contributed by atoms with van der Waals surface area (Å²) in [5.74, 6) is 0. The lowest BCUT2D eigenvalue weighted by molar-refractivity contribution is -0.360. The second-order valence-electron chi connectivity index (χ2n) is 5.16. The molecule has 3 rings (SSSR count). The number of rotatable bonds is 3. The third-order valence-corrected chi connectivity index (χ3v) is 3.74. The van der Waals surface area contributed by atoms with Crippen LogP contribution >= 0.6 is 0 Å².